The minimum absolute atomic E-state index is 0.325. The highest BCUT2D eigenvalue weighted by atomic mass is 16.5. The van der Waals surface area contributed by atoms with Crippen molar-refractivity contribution >= 4 is 0 Å². The summed E-state index contributed by atoms with van der Waals surface area (Å²) in [5.74, 6) is 0.575. The van der Waals surface area contributed by atoms with Crippen molar-refractivity contribution in [1.82, 2.24) is 5.32 Å². The van der Waals surface area contributed by atoms with Gasteiger partial charge in [-0.1, -0.05) is 44.2 Å². The van der Waals surface area contributed by atoms with Gasteiger partial charge in [-0.05, 0) is 38.3 Å². The van der Waals surface area contributed by atoms with E-state index in [9.17, 15) is 0 Å². The normalized spacial score (nSPS) is 14.7. The van der Waals surface area contributed by atoms with Crippen molar-refractivity contribution in [3.8, 4) is 0 Å². The van der Waals surface area contributed by atoms with Crippen LogP contribution in [-0.2, 0) is 4.74 Å². The van der Waals surface area contributed by atoms with Crippen LogP contribution in [0.15, 0.2) is 30.3 Å². The molecule has 102 valence electrons. The number of hydrogen-bond acceptors (Lipinski definition) is 2. The van der Waals surface area contributed by atoms with Crippen LogP contribution >= 0.6 is 0 Å². The van der Waals surface area contributed by atoms with Crippen LogP contribution in [0.1, 0.15) is 45.7 Å². The van der Waals surface area contributed by atoms with Crippen molar-refractivity contribution in [1.29, 1.82) is 0 Å². The van der Waals surface area contributed by atoms with E-state index in [-0.39, 0.29) is 0 Å². The first-order valence-electron chi connectivity index (χ1n) is 7.05. The number of benzene rings is 1. The zero-order chi connectivity index (χ0) is 13.4. The molecular formula is C16H27NO. The fourth-order valence-corrected chi connectivity index (χ4v) is 2.18. The third-order valence-corrected chi connectivity index (χ3v) is 3.18. The third kappa shape index (κ3) is 5.19. The SMILES string of the molecule is CCNC(c1ccccc1)C(C)CCOC(C)C. The average Bonchev–Trinajstić information content (AvgIpc) is 2.36. The highest BCUT2D eigenvalue weighted by Gasteiger charge is 2.17. The topological polar surface area (TPSA) is 21.3 Å². The van der Waals surface area contributed by atoms with Crippen LogP contribution in [0.3, 0.4) is 0 Å². The molecule has 1 aromatic rings. The van der Waals surface area contributed by atoms with Gasteiger partial charge in [0, 0.05) is 12.6 Å². The van der Waals surface area contributed by atoms with Crippen molar-refractivity contribution in [2.45, 2.75) is 46.3 Å². The van der Waals surface area contributed by atoms with E-state index in [1.54, 1.807) is 0 Å². The Labute approximate surface area is 112 Å². The van der Waals surface area contributed by atoms with E-state index < -0.39 is 0 Å². The van der Waals surface area contributed by atoms with E-state index in [2.05, 4.69) is 63.3 Å². The molecule has 1 N–H and O–H groups in total. The molecule has 0 heterocycles. The molecule has 1 aromatic carbocycles. The van der Waals surface area contributed by atoms with Gasteiger partial charge in [0.1, 0.15) is 0 Å². The van der Waals surface area contributed by atoms with Crippen LogP contribution in [0.2, 0.25) is 0 Å². The lowest BCUT2D eigenvalue weighted by Gasteiger charge is -2.25. The summed E-state index contributed by atoms with van der Waals surface area (Å²) in [5.41, 5.74) is 1.37. The lowest BCUT2D eigenvalue weighted by atomic mass is 9.92. The van der Waals surface area contributed by atoms with Gasteiger partial charge in [-0.3, -0.25) is 0 Å². The standard InChI is InChI=1S/C16H27NO/c1-5-17-16(15-9-7-6-8-10-15)14(4)11-12-18-13(2)3/h6-10,13-14,16-17H,5,11-12H2,1-4H3. The van der Waals surface area contributed by atoms with Crippen LogP contribution < -0.4 is 5.32 Å². The van der Waals surface area contributed by atoms with E-state index >= 15 is 0 Å². The van der Waals surface area contributed by atoms with Crippen molar-refractivity contribution < 1.29 is 4.74 Å². The first kappa shape index (κ1) is 15.2. The molecule has 2 unspecified atom stereocenters. The van der Waals surface area contributed by atoms with Crippen molar-refractivity contribution in [3.05, 3.63) is 35.9 Å². The molecule has 0 saturated carbocycles. The molecule has 0 aliphatic carbocycles. The second kappa shape index (κ2) is 8.28. The zero-order valence-corrected chi connectivity index (χ0v) is 12.1. The van der Waals surface area contributed by atoms with Crippen molar-refractivity contribution in [2.24, 2.45) is 5.92 Å². The maximum atomic E-state index is 5.65. The lowest BCUT2D eigenvalue weighted by molar-refractivity contribution is 0.0663. The molecule has 0 aliphatic rings. The predicted molar refractivity (Wildman–Crippen MR) is 77.7 cm³/mol. The molecule has 1 rings (SSSR count). The second-order valence-electron chi connectivity index (χ2n) is 5.13. The van der Waals surface area contributed by atoms with E-state index in [4.69, 9.17) is 4.74 Å². The van der Waals surface area contributed by atoms with Gasteiger partial charge >= 0.3 is 0 Å². The summed E-state index contributed by atoms with van der Waals surface area (Å²) in [7, 11) is 0. The molecule has 2 nitrogen and oxygen atoms in total. The Morgan fingerprint density at radius 1 is 1.11 bits per heavy atom. The average molecular weight is 249 g/mol. The molecule has 0 radical (unpaired) electrons. The zero-order valence-electron chi connectivity index (χ0n) is 12.1. The van der Waals surface area contributed by atoms with Crippen molar-refractivity contribution in [2.75, 3.05) is 13.2 Å². The fraction of sp³-hybridized carbons (Fsp3) is 0.625. The number of nitrogens with one attached hydrogen (secondary N) is 1. The molecule has 0 aromatic heterocycles. The van der Waals surface area contributed by atoms with Gasteiger partial charge in [-0.2, -0.15) is 0 Å². The summed E-state index contributed by atoms with van der Waals surface area (Å²) < 4.78 is 5.65. The molecule has 0 aliphatic heterocycles. The van der Waals surface area contributed by atoms with Crippen LogP contribution in [0, 0.1) is 5.92 Å². The Bertz CT molecular complexity index is 310. The molecule has 0 spiro atoms. The summed E-state index contributed by atoms with van der Waals surface area (Å²) in [5, 5.41) is 3.58. The van der Waals surface area contributed by atoms with Gasteiger partial charge < -0.3 is 10.1 Å². The Morgan fingerprint density at radius 2 is 1.78 bits per heavy atom. The predicted octanol–water partition coefficient (Wildman–Crippen LogP) is 3.79. The molecule has 2 heteroatoms. The van der Waals surface area contributed by atoms with E-state index in [0.717, 1.165) is 19.6 Å². The summed E-state index contributed by atoms with van der Waals surface area (Å²) in [6.45, 7) is 10.5. The molecule has 0 bridgehead atoms. The van der Waals surface area contributed by atoms with Gasteiger partial charge in [-0.25, -0.2) is 0 Å². The van der Waals surface area contributed by atoms with Gasteiger partial charge in [0.15, 0.2) is 0 Å². The summed E-state index contributed by atoms with van der Waals surface area (Å²) >= 11 is 0. The second-order valence-corrected chi connectivity index (χ2v) is 5.13. The highest BCUT2D eigenvalue weighted by Crippen LogP contribution is 2.24. The van der Waals surface area contributed by atoms with Crippen LogP contribution in [-0.4, -0.2) is 19.3 Å². The lowest BCUT2D eigenvalue weighted by Crippen LogP contribution is -2.27. The first-order valence-corrected chi connectivity index (χ1v) is 7.05. The smallest absolute Gasteiger partial charge is 0.0518 e. The molecule has 2 atom stereocenters. The molecule has 0 saturated heterocycles. The summed E-state index contributed by atoms with van der Waals surface area (Å²) in [4.78, 5) is 0. The minimum atomic E-state index is 0.325. The number of hydrogen-bond donors (Lipinski definition) is 1. The van der Waals surface area contributed by atoms with Gasteiger partial charge in [0.25, 0.3) is 0 Å². The Kier molecular flexibility index (Phi) is 6.99. The highest BCUT2D eigenvalue weighted by molar-refractivity contribution is 5.19. The van der Waals surface area contributed by atoms with E-state index in [0.29, 0.717) is 18.1 Å². The minimum Gasteiger partial charge on any atom is -0.379 e. The number of rotatable bonds is 8. The maximum absolute atomic E-state index is 5.65. The van der Waals surface area contributed by atoms with Gasteiger partial charge in [0.05, 0.1) is 6.10 Å². The molecule has 0 fully saturated rings. The quantitative estimate of drug-likeness (QED) is 0.757. The van der Waals surface area contributed by atoms with Gasteiger partial charge in [0.2, 0.25) is 0 Å². The van der Waals surface area contributed by atoms with E-state index in [1.165, 1.54) is 5.56 Å². The Morgan fingerprint density at radius 3 is 2.33 bits per heavy atom. The maximum Gasteiger partial charge on any atom is 0.0518 e. The van der Waals surface area contributed by atoms with Gasteiger partial charge in [-0.15, -0.1) is 0 Å². The van der Waals surface area contributed by atoms with E-state index in [1.807, 2.05) is 0 Å². The Hall–Kier alpha value is -0.860. The molecular weight excluding hydrogens is 222 g/mol. The monoisotopic (exact) mass is 249 g/mol. The van der Waals surface area contributed by atoms with Crippen LogP contribution in [0.5, 0.6) is 0 Å². The van der Waals surface area contributed by atoms with Crippen LogP contribution in [0.4, 0.5) is 0 Å². The largest absolute Gasteiger partial charge is 0.379 e. The number of ether oxygens (including phenoxy) is 1. The molecule has 18 heavy (non-hydrogen) atoms. The summed E-state index contributed by atoms with van der Waals surface area (Å²) in [6.07, 6.45) is 1.41. The first-order chi connectivity index (χ1) is 8.65. The van der Waals surface area contributed by atoms with Crippen LogP contribution in [0.25, 0.3) is 0 Å². The molecule has 0 amide bonds. The fourth-order valence-electron chi connectivity index (χ4n) is 2.18. The third-order valence-electron chi connectivity index (χ3n) is 3.18. The van der Waals surface area contributed by atoms with Crippen molar-refractivity contribution in [3.63, 3.8) is 0 Å². The Balaban J connectivity index is 2.56. The summed E-state index contributed by atoms with van der Waals surface area (Å²) in [6, 6.07) is 11.1.